The normalized spacial score (nSPS) is 16.9. The molecule has 0 saturated heterocycles. The summed E-state index contributed by atoms with van der Waals surface area (Å²) in [4.78, 5) is 17.6. The van der Waals surface area contributed by atoms with Crippen molar-refractivity contribution in [2.75, 3.05) is 5.01 Å². The van der Waals surface area contributed by atoms with Crippen LogP contribution in [0.1, 0.15) is 47.6 Å². The van der Waals surface area contributed by atoms with Gasteiger partial charge in [-0.25, -0.2) is 10.4 Å². The lowest BCUT2D eigenvalue weighted by Gasteiger charge is -2.27. The quantitative estimate of drug-likeness (QED) is 0.682. The molecule has 2 unspecified atom stereocenters. The number of nitrogens with one attached hydrogen (secondary N) is 1. The molecule has 4 heteroatoms. The Morgan fingerprint density at radius 2 is 1.82 bits per heavy atom. The van der Waals surface area contributed by atoms with Gasteiger partial charge in [0.05, 0.1) is 17.6 Å². The highest BCUT2D eigenvalue weighted by Crippen LogP contribution is 2.39. The van der Waals surface area contributed by atoms with E-state index < -0.39 is 0 Å². The molecule has 4 nitrogen and oxygen atoms in total. The maximum Gasteiger partial charge on any atom is 0.249 e. The number of carbonyl (C=O) groups excluding carboxylic acids is 1. The molecule has 142 valence electrons. The van der Waals surface area contributed by atoms with Gasteiger partial charge in [-0.1, -0.05) is 55.5 Å². The smallest absolute Gasteiger partial charge is 0.249 e. The average molecular weight is 371 g/mol. The number of carbonyl (C=O) groups is 1. The van der Waals surface area contributed by atoms with Crippen molar-refractivity contribution in [2.24, 2.45) is 0 Å². The Bertz CT molecular complexity index is 970. The number of rotatable bonds is 6. The summed E-state index contributed by atoms with van der Waals surface area (Å²) in [6, 6.07) is 20.4. The number of para-hydroxylation sites is 1. The van der Waals surface area contributed by atoms with E-state index in [4.69, 9.17) is 0 Å². The number of benzene rings is 2. The van der Waals surface area contributed by atoms with Crippen LogP contribution < -0.4 is 10.4 Å². The molecular weight excluding hydrogens is 346 g/mol. The van der Waals surface area contributed by atoms with Crippen LogP contribution in [0.15, 0.2) is 73.1 Å². The molecule has 4 rings (SSSR count). The fourth-order valence-corrected chi connectivity index (χ4v) is 3.99. The van der Waals surface area contributed by atoms with Gasteiger partial charge in [0.1, 0.15) is 0 Å². The van der Waals surface area contributed by atoms with E-state index in [1.807, 2.05) is 54.9 Å². The Kier molecular flexibility index (Phi) is 5.22. The first-order chi connectivity index (χ1) is 13.7. The van der Waals surface area contributed by atoms with E-state index in [1.54, 1.807) is 5.01 Å². The second kappa shape index (κ2) is 7.95. The predicted molar refractivity (Wildman–Crippen MR) is 112 cm³/mol. The number of aryl methyl sites for hydroxylation is 1. The minimum atomic E-state index is -0.165. The summed E-state index contributed by atoms with van der Waals surface area (Å²) in [5, 5.41) is 1.76. The number of anilines is 1. The first-order valence-electron chi connectivity index (χ1n) is 9.82. The molecule has 1 amide bonds. The van der Waals surface area contributed by atoms with Gasteiger partial charge in [0.15, 0.2) is 0 Å². The number of amides is 1. The molecule has 2 heterocycles. The van der Waals surface area contributed by atoms with Gasteiger partial charge < -0.3 is 0 Å². The molecule has 1 aliphatic rings. The van der Waals surface area contributed by atoms with Crippen molar-refractivity contribution in [3.63, 3.8) is 0 Å². The molecule has 1 aromatic heterocycles. The molecule has 0 fully saturated rings. The summed E-state index contributed by atoms with van der Waals surface area (Å²) in [5.41, 5.74) is 9.02. The SMILES string of the molecule is CCC(NN1C(=O)C(Cc2ccccc2)c2ccccc21)c1ccncc1C. The molecule has 0 bridgehead atoms. The molecule has 2 atom stereocenters. The van der Waals surface area contributed by atoms with Gasteiger partial charge in [0.2, 0.25) is 5.91 Å². The van der Waals surface area contributed by atoms with Crippen LogP contribution in [0.5, 0.6) is 0 Å². The molecule has 0 radical (unpaired) electrons. The van der Waals surface area contributed by atoms with E-state index in [2.05, 4.69) is 42.5 Å². The molecule has 1 aliphatic heterocycles. The highest BCUT2D eigenvalue weighted by molar-refractivity contribution is 6.04. The van der Waals surface area contributed by atoms with E-state index in [0.717, 1.165) is 23.2 Å². The van der Waals surface area contributed by atoms with Crippen molar-refractivity contribution in [1.82, 2.24) is 10.4 Å². The van der Waals surface area contributed by atoms with Crippen molar-refractivity contribution < 1.29 is 4.79 Å². The Balaban J connectivity index is 1.64. The second-order valence-corrected chi connectivity index (χ2v) is 7.30. The van der Waals surface area contributed by atoms with Crippen LogP contribution >= 0.6 is 0 Å². The predicted octanol–water partition coefficient (Wildman–Crippen LogP) is 4.72. The van der Waals surface area contributed by atoms with Gasteiger partial charge in [-0.3, -0.25) is 9.78 Å². The van der Waals surface area contributed by atoms with E-state index in [-0.39, 0.29) is 17.9 Å². The molecule has 28 heavy (non-hydrogen) atoms. The first kappa shape index (κ1) is 18.4. The van der Waals surface area contributed by atoms with Crippen LogP contribution in [0, 0.1) is 6.92 Å². The monoisotopic (exact) mass is 371 g/mol. The number of hydrogen-bond acceptors (Lipinski definition) is 3. The Morgan fingerprint density at radius 3 is 2.57 bits per heavy atom. The van der Waals surface area contributed by atoms with Crippen molar-refractivity contribution in [2.45, 2.75) is 38.6 Å². The third-order valence-corrected chi connectivity index (χ3v) is 5.49. The molecule has 0 aliphatic carbocycles. The molecule has 2 aromatic carbocycles. The zero-order valence-electron chi connectivity index (χ0n) is 16.3. The Morgan fingerprint density at radius 1 is 1.07 bits per heavy atom. The fraction of sp³-hybridized carbons (Fsp3) is 0.250. The van der Waals surface area contributed by atoms with Crippen molar-refractivity contribution in [3.05, 3.63) is 95.3 Å². The van der Waals surface area contributed by atoms with Gasteiger partial charge in [-0.05, 0) is 54.2 Å². The summed E-state index contributed by atoms with van der Waals surface area (Å²) in [7, 11) is 0. The van der Waals surface area contributed by atoms with Crippen LogP contribution in [0.4, 0.5) is 5.69 Å². The summed E-state index contributed by atoms with van der Waals surface area (Å²) < 4.78 is 0. The zero-order chi connectivity index (χ0) is 19.5. The minimum Gasteiger partial charge on any atom is -0.272 e. The number of aromatic nitrogens is 1. The molecular formula is C24H25N3O. The van der Waals surface area contributed by atoms with Crippen LogP contribution in [0.3, 0.4) is 0 Å². The summed E-state index contributed by atoms with van der Waals surface area (Å²) in [6.45, 7) is 4.19. The lowest BCUT2D eigenvalue weighted by Crippen LogP contribution is -2.44. The number of fused-ring (bicyclic) bond motifs is 1. The maximum atomic E-state index is 13.4. The average Bonchev–Trinajstić information content (AvgIpc) is 2.99. The van der Waals surface area contributed by atoms with Gasteiger partial charge in [-0.15, -0.1) is 0 Å². The van der Waals surface area contributed by atoms with Crippen LogP contribution in [-0.4, -0.2) is 10.9 Å². The van der Waals surface area contributed by atoms with E-state index >= 15 is 0 Å². The van der Waals surface area contributed by atoms with Crippen molar-refractivity contribution in [3.8, 4) is 0 Å². The minimum absolute atomic E-state index is 0.0514. The van der Waals surface area contributed by atoms with E-state index in [1.165, 1.54) is 11.1 Å². The largest absolute Gasteiger partial charge is 0.272 e. The standard InChI is InChI=1S/C24H25N3O/c1-3-22(19-13-14-25-16-17(19)2)26-27-23-12-8-7-11-20(23)21(24(27)28)15-18-9-5-4-6-10-18/h4-14,16,21-22,26H,3,15H2,1-2H3. The van der Waals surface area contributed by atoms with Gasteiger partial charge >= 0.3 is 0 Å². The van der Waals surface area contributed by atoms with Crippen LogP contribution in [-0.2, 0) is 11.2 Å². The third kappa shape index (κ3) is 3.43. The van der Waals surface area contributed by atoms with E-state index in [9.17, 15) is 4.79 Å². The molecule has 0 spiro atoms. The Labute approximate surface area is 166 Å². The van der Waals surface area contributed by atoms with Crippen molar-refractivity contribution >= 4 is 11.6 Å². The fourth-order valence-electron chi connectivity index (χ4n) is 3.99. The lowest BCUT2D eigenvalue weighted by molar-refractivity contribution is -0.120. The molecule has 0 saturated carbocycles. The summed E-state index contributed by atoms with van der Waals surface area (Å²) in [6.07, 6.45) is 5.27. The van der Waals surface area contributed by atoms with E-state index in [0.29, 0.717) is 6.42 Å². The maximum absolute atomic E-state index is 13.4. The molecule has 3 aromatic rings. The number of pyridine rings is 1. The molecule has 1 N–H and O–H groups in total. The lowest BCUT2D eigenvalue weighted by atomic mass is 9.93. The first-order valence-corrected chi connectivity index (χ1v) is 9.82. The highest BCUT2D eigenvalue weighted by atomic mass is 16.2. The van der Waals surface area contributed by atoms with Gasteiger partial charge in [-0.2, -0.15) is 0 Å². The second-order valence-electron chi connectivity index (χ2n) is 7.30. The third-order valence-electron chi connectivity index (χ3n) is 5.49. The van der Waals surface area contributed by atoms with Gasteiger partial charge in [0.25, 0.3) is 0 Å². The van der Waals surface area contributed by atoms with Crippen molar-refractivity contribution in [1.29, 1.82) is 0 Å². The topological polar surface area (TPSA) is 45.2 Å². The zero-order valence-corrected chi connectivity index (χ0v) is 16.3. The summed E-state index contributed by atoms with van der Waals surface area (Å²) >= 11 is 0. The van der Waals surface area contributed by atoms with Gasteiger partial charge in [0, 0.05) is 12.4 Å². The van der Waals surface area contributed by atoms with Crippen LogP contribution in [0.25, 0.3) is 0 Å². The van der Waals surface area contributed by atoms with Crippen LogP contribution in [0.2, 0.25) is 0 Å². The Hall–Kier alpha value is -2.98. The number of nitrogens with zero attached hydrogens (tertiary/aromatic N) is 2. The summed E-state index contributed by atoms with van der Waals surface area (Å²) in [5.74, 6) is -0.0580. The number of hydrazine groups is 1. The highest BCUT2D eigenvalue weighted by Gasteiger charge is 2.38. The number of hydrogen-bond donors (Lipinski definition) is 1.